The molecule has 3 heterocycles. The summed E-state index contributed by atoms with van der Waals surface area (Å²) in [6, 6.07) is 7.54. The maximum Gasteiger partial charge on any atom is 0.240 e. The number of amides is 1. The highest BCUT2D eigenvalue weighted by molar-refractivity contribution is 7.99. The number of nitrogens with zero attached hydrogens (tertiary/aromatic N) is 5. The number of hydrogen-bond donors (Lipinski definition) is 1. The Morgan fingerprint density at radius 3 is 2.80 bits per heavy atom. The van der Waals surface area contributed by atoms with Crippen LogP contribution < -0.4 is 10.6 Å². The molecule has 2 aliphatic heterocycles. The summed E-state index contributed by atoms with van der Waals surface area (Å²) < 4.78 is 1.13. The number of carbonyl (C=O) groups excluding carboxylic acids is 1. The highest BCUT2D eigenvalue weighted by Crippen LogP contribution is 2.30. The fourth-order valence-electron chi connectivity index (χ4n) is 3.93. The third kappa shape index (κ3) is 5.06. The van der Waals surface area contributed by atoms with E-state index in [9.17, 15) is 4.79 Å². The van der Waals surface area contributed by atoms with Gasteiger partial charge in [0.05, 0.1) is 33.8 Å². The SMILES string of the molecule is N#Cc1ccc2sc(N3CCN(CCCC[C@H](N)C(=O)N4CCSC4)CC3)nc2c1. The van der Waals surface area contributed by atoms with Crippen molar-refractivity contribution in [3.05, 3.63) is 23.8 Å². The van der Waals surface area contributed by atoms with Crippen LogP contribution in [0.3, 0.4) is 0 Å². The summed E-state index contributed by atoms with van der Waals surface area (Å²) in [6.07, 6.45) is 2.84. The van der Waals surface area contributed by atoms with Crippen LogP contribution in [0.4, 0.5) is 5.13 Å². The molecule has 0 spiro atoms. The van der Waals surface area contributed by atoms with Gasteiger partial charge in [0.2, 0.25) is 5.91 Å². The number of fused-ring (bicyclic) bond motifs is 1. The third-order valence-electron chi connectivity index (χ3n) is 5.77. The Hall–Kier alpha value is -1.86. The topological polar surface area (TPSA) is 89.5 Å². The smallest absolute Gasteiger partial charge is 0.240 e. The van der Waals surface area contributed by atoms with Gasteiger partial charge in [-0.25, -0.2) is 4.98 Å². The summed E-state index contributed by atoms with van der Waals surface area (Å²) in [5, 5.41) is 10.1. The van der Waals surface area contributed by atoms with E-state index in [0.29, 0.717) is 5.56 Å². The van der Waals surface area contributed by atoms with Gasteiger partial charge in [0, 0.05) is 38.5 Å². The molecule has 0 bridgehead atoms. The van der Waals surface area contributed by atoms with Crippen LogP contribution in [-0.4, -0.2) is 77.6 Å². The van der Waals surface area contributed by atoms with Gasteiger partial charge in [-0.3, -0.25) is 9.69 Å². The van der Waals surface area contributed by atoms with Gasteiger partial charge in [-0.2, -0.15) is 5.26 Å². The molecule has 2 fully saturated rings. The Morgan fingerprint density at radius 2 is 2.07 bits per heavy atom. The fourth-order valence-corrected chi connectivity index (χ4v) is 5.88. The number of hydrogen-bond acceptors (Lipinski definition) is 8. The number of nitriles is 1. The second kappa shape index (κ2) is 9.96. The predicted molar refractivity (Wildman–Crippen MR) is 124 cm³/mol. The average molecular weight is 445 g/mol. The molecular formula is C21H28N6OS2. The summed E-state index contributed by atoms with van der Waals surface area (Å²) in [4.78, 5) is 23.7. The minimum Gasteiger partial charge on any atom is -0.345 e. The van der Waals surface area contributed by atoms with Crippen molar-refractivity contribution in [3.8, 4) is 6.07 Å². The monoisotopic (exact) mass is 444 g/mol. The van der Waals surface area contributed by atoms with Crippen LogP contribution in [0.2, 0.25) is 0 Å². The summed E-state index contributed by atoms with van der Waals surface area (Å²) >= 11 is 3.50. The quantitative estimate of drug-likeness (QED) is 0.656. The first kappa shape index (κ1) is 21.4. The largest absolute Gasteiger partial charge is 0.345 e. The van der Waals surface area contributed by atoms with Gasteiger partial charge in [-0.1, -0.05) is 17.8 Å². The molecule has 2 aromatic rings. The molecule has 2 aliphatic rings. The summed E-state index contributed by atoms with van der Waals surface area (Å²) in [5.41, 5.74) is 7.67. The van der Waals surface area contributed by atoms with Gasteiger partial charge in [-0.15, -0.1) is 11.8 Å². The Balaban J connectivity index is 1.18. The number of piperazine rings is 1. The number of carbonyl (C=O) groups is 1. The number of thioether (sulfide) groups is 1. The molecule has 1 aromatic heterocycles. The van der Waals surface area contributed by atoms with Crippen LogP contribution in [0.5, 0.6) is 0 Å². The molecule has 2 N–H and O–H groups in total. The molecule has 0 unspecified atom stereocenters. The number of rotatable bonds is 7. The Labute approximate surface area is 185 Å². The van der Waals surface area contributed by atoms with Crippen molar-refractivity contribution in [1.82, 2.24) is 14.8 Å². The number of aromatic nitrogens is 1. The van der Waals surface area contributed by atoms with Crippen molar-refractivity contribution in [3.63, 3.8) is 0 Å². The van der Waals surface area contributed by atoms with Gasteiger partial charge in [-0.05, 0) is 37.6 Å². The number of anilines is 1. The number of benzene rings is 1. The first-order chi connectivity index (χ1) is 14.6. The second-order valence-corrected chi connectivity index (χ2v) is 9.94. The van der Waals surface area contributed by atoms with E-state index >= 15 is 0 Å². The van der Waals surface area contributed by atoms with Gasteiger partial charge in [0.15, 0.2) is 5.13 Å². The van der Waals surface area contributed by atoms with Crippen molar-refractivity contribution in [2.75, 3.05) is 55.8 Å². The van der Waals surface area contributed by atoms with E-state index in [1.54, 1.807) is 23.1 Å². The van der Waals surface area contributed by atoms with Crippen LogP contribution in [0.15, 0.2) is 18.2 Å². The first-order valence-corrected chi connectivity index (χ1v) is 12.5. The lowest BCUT2D eigenvalue weighted by atomic mass is 10.1. The molecule has 2 saturated heterocycles. The third-order valence-corrected chi connectivity index (χ3v) is 7.83. The zero-order valence-electron chi connectivity index (χ0n) is 17.1. The van der Waals surface area contributed by atoms with Crippen LogP contribution in [0, 0.1) is 11.3 Å². The highest BCUT2D eigenvalue weighted by atomic mass is 32.2. The van der Waals surface area contributed by atoms with Crippen molar-refractivity contribution in [2.24, 2.45) is 5.73 Å². The Morgan fingerprint density at radius 1 is 1.23 bits per heavy atom. The minimum absolute atomic E-state index is 0.117. The van der Waals surface area contributed by atoms with Gasteiger partial charge in [0.25, 0.3) is 0 Å². The van der Waals surface area contributed by atoms with Gasteiger partial charge >= 0.3 is 0 Å². The van der Waals surface area contributed by atoms with Gasteiger partial charge in [0.1, 0.15) is 0 Å². The zero-order valence-corrected chi connectivity index (χ0v) is 18.8. The Bertz CT molecular complexity index is 912. The lowest BCUT2D eigenvalue weighted by molar-refractivity contribution is -0.131. The zero-order chi connectivity index (χ0) is 20.9. The predicted octanol–water partition coefficient (Wildman–Crippen LogP) is 2.32. The number of nitrogens with two attached hydrogens (primary N) is 1. The van der Waals surface area contributed by atoms with Crippen LogP contribution in [0.1, 0.15) is 24.8 Å². The van der Waals surface area contributed by atoms with E-state index < -0.39 is 0 Å². The molecule has 9 heteroatoms. The average Bonchev–Trinajstić information content (AvgIpc) is 3.46. The molecular weight excluding hydrogens is 416 g/mol. The molecule has 1 aromatic carbocycles. The van der Waals surface area contributed by atoms with Crippen molar-refractivity contribution in [2.45, 2.75) is 25.3 Å². The Kier molecular flexibility index (Phi) is 7.10. The highest BCUT2D eigenvalue weighted by Gasteiger charge is 2.24. The minimum atomic E-state index is -0.346. The van der Waals surface area contributed by atoms with E-state index in [1.165, 1.54) is 0 Å². The molecule has 0 aliphatic carbocycles. The molecule has 7 nitrogen and oxygen atoms in total. The van der Waals surface area contributed by atoms with Crippen LogP contribution in [0.25, 0.3) is 10.2 Å². The molecule has 160 valence electrons. The van der Waals surface area contributed by atoms with Crippen LogP contribution in [-0.2, 0) is 4.79 Å². The van der Waals surface area contributed by atoms with Crippen molar-refractivity contribution >= 4 is 44.4 Å². The number of thiazole rings is 1. The van der Waals surface area contributed by atoms with Gasteiger partial charge < -0.3 is 15.5 Å². The maximum atomic E-state index is 12.3. The molecule has 1 atom stereocenters. The number of unbranched alkanes of at least 4 members (excludes halogenated alkanes) is 1. The van der Waals surface area contributed by atoms with Crippen molar-refractivity contribution < 1.29 is 4.79 Å². The fraction of sp³-hybridized carbons (Fsp3) is 0.571. The molecule has 0 radical (unpaired) electrons. The maximum absolute atomic E-state index is 12.3. The normalized spacial score (nSPS) is 18.7. The van der Waals surface area contributed by atoms with E-state index in [1.807, 2.05) is 23.1 Å². The molecule has 1 amide bonds. The van der Waals surface area contributed by atoms with Crippen molar-refractivity contribution in [1.29, 1.82) is 5.26 Å². The van der Waals surface area contributed by atoms with E-state index in [4.69, 9.17) is 16.0 Å². The summed E-state index contributed by atoms with van der Waals surface area (Å²) in [5.74, 6) is 1.94. The molecule has 4 rings (SSSR count). The van der Waals surface area contributed by atoms with E-state index in [-0.39, 0.29) is 11.9 Å². The molecule has 30 heavy (non-hydrogen) atoms. The summed E-state index contributed by atoms with van der Waals surface area (Å²) in [6.45, 7) is 5.88. The lowest BCUT2D eigenvalue weighted by Crippen LogP contribution is -2.46. The van der Waals surface area contributed by atoms with E-state index in [0.717, 1.165) is 85.5 Å². The first-order valence-electron chi connectivity index (χ1n) is 10.5. The standard InChI is InChI=1S/C21H28N6OS2/c22-14-16-4-5-19-18(13-16)24-21(30-19)26-9-7-25(8-10-26)6-2-1-3-17(23)20(28)27-11-12-29-15-27/h4-5,13,17H,1-3,6-12,15,23H2/t17-/m0/s1. The lowest BCUT2D eigenvalue weighted by Gasteiger charge is -2.34. The van der Waals surface area contributed by atoms with E-state index in [2.05, 4.69) is 15.9 Å². The van der Waals surface area contributed by atoms with Crippen LogP contribution >= 0.6 is 23.1 Å². The second-order valence-electron chi connectivity index (χ2n) is 7.86. The molecule has 0 saturated carbocycles. The summed E-state index contributed by atoms with van der Waals surface area (Å²) in [7, 11) is 0.